The van der Waals surface area contributed by atoms with Crippen molar-refractivity contribution in [2.75, 3.05) is 0 Å². The van der Waals surface area contributed by atoms with E-state index in [1.54, 1.807) is 12.1 Å². The van der Waals surface area contributed by atoms with E-state index in [1.165, 1.54) is 44.2 Å². The van der Waals surface area contributed by atoms with Gasteiger partial charge in [-0.25, -0.2) is 8.78 Å². The lowest BCUT2D eigenvalue weighted by Gasteiger charge is -2.38. The molecule has 8 heteroatoms. The molecule has 0 unspecified atom stereocenters. The lowest BCUT2D eigenvalue weighted by atomic mass is 9.68. The van der Waals surface area contributed by atoms with Crippen molar-refractivity contribution < 1.29 is 35.8 Å². The first-order valence-corrected chi connectivity index (χ1v) is 12.8. The Kier molecular flexibility index (Phi) is 8.41. The number of rotatable bonds is 8. The van der Waals surface area contributed by atoms with Crippen LogP contribution in [0.15, 0.2) is 36.4 Å². The van der Waals surface area contributed by atoms with E-state index in [0.717, 1.165) is 49.0 Å². The molecule has 2 fully saturated rings. The van der Waals surface area contributed by atoms with Gasteiger partial charge < -0.3 is 9.47 Å². The van der Waals surface area contributed by atoms with Crippen LogP contribution in [-0.2, 0) is 6.11 Å². The van der Waals surface area contributed by atoms with Crippen LogP contribution in [0.25, 0.3) is 0 Å². The summed E-state index contributed by atoms with van der Waals surface area (Å²) >= 11 is 0. The molecule has 0 saturated heterocycles. The molecule has 0 aromatic heterocycles. The number of benzene rings is 2. The van der Waals surface area contributed by atoms with Gasteiger partial charge in [-0.05, 0) is 79.9 Å². The summed E-state index contributed by atoms with van der Waals surface area (Å²) in [5.41, 5.74) is 0.523. The summed E-state index contributed by atoms with van der Waals surface area (Å²) in [6.07, 6.45) is 7.13. The molecule has 0 heterocycles. The summed E-state index contributed by atoms with van der Waals surface area (Å²) in [4.78, 5) is 0. The molecule has 2 saturated carbocycles. The number of halogens is 6. The average Bonchev–Trinajstić information content (AvgIpc) is 2.86. The zero-order valence-electron chi connectivity index (χ0n) is 20.3. The van der Waals surface area contributed by atoms with E-state index >= 15 is 0 Å². The van der Waals surface area contributed by atoms with Crippen molar-refractivity contribution in [2.45, 2.75) is 83.3 Å². The Morgan fingerprint density at radius 3 is 1.86 bits per heavy atom. The highest BCUT2D eigenvalue weighted by Gasteiger charge is 2.36. The molecule has 36 heavy (non-hydrogen) atoms. The summed E-state index contributed by atoms with van der Waals surface area (Å²) in [5.74, 6) is -2.54. The van der Waals surface area contributed by atoms with Crippen molar-refractivity contribution in [1.29, 1.82) is 0 Å². The van der Waals surface area contributed by atoms with Crippen LogP contribution in [0.4, 0.5) is 26.3 Å². The fraction of sp³-hybridized carbons (Fsp3) is 0.571. The fourth-order valence-electron chi connectivity index (χ4n) is 5.95. The molecule has 0 N–H and O–H groups in total. The normalized spacial score (nSPS) is 25.1. The Morgan fingerprint density at radius 1 is 0.833 bits per heavy atom. The minimum Gasteiger partial charge on any atom is -0.429 e. The van der Waals surface area contributed by atoms with Gasteiger partial charge in [-0.15, -0.1) is 0 Å². The van der Waals surface area contributed by atoms with Gasteiger partial charge in [0.2, 0.25) is 0 Å². The zero-order chi connectivity index (χ0) is 25.9. The summed E-state index contributed by atoms with van der Waals surface area (Å²) in [6, 6.07) is 6.60. The van der Waals surface area contributed by atoms with Crippen LogP contribution in [0.3, 0.4) is 0 Å². The number of alkyl halides is 4. The lowest BCUT2D eigenvalue weighted by molar-refractivity contribution is -0.185. The van der Waals surface area contributed by atoms with Crippen LogP contribution in [0.1, 0.15) is 81.8 Å². The maximum atomic E-state index is 14.7. The fourth-order valence-corrected chi connectivity index (χ4v) is 5.95. The predicted octanol–water partition coefficient (Wildman–Crippen LogP) is 9.18. The first kappa shape index (κ1) is 26.7. The summed E-state index contributed by atoms with van der Waals surface area (Å²) in [5, 5.41) is 0. The summed E-state index contributed by atoms with van der Waals surface area (Å²) < 4.78 is 89.9. The standard InChI is InChI=1S/C28H32F6O2/c1-2-17-3-5-18(6-4-17)19-7-9-20(10-8-19)21-11-13-22(14-12-21)28(33,34)36-23-15-24(29)26(25(30)16-23)35-27(31)32/h11-20,27H,2-10H2,1H3. The molecule has 2 aromatic rings. The van der Waals surface area contributed by atoms with Crippen LogP contribution in [-0.4, -0.2) is 6.61 Å². The molecular formula is C28H32F6O2. The van der Waals surface area contributed by atoms with Crippen LogP contribution in [0, 0.1) is 29.4 Å². The first-order valence-electron chi connectivity index (χ1n) is 12.8. The van der Waals surface area contributed by atoms with Gasteiger partial charge in [0.25, 0.3) is 0 Å². The van der Waals surface area contributed by atoms with Crippen molar-refractivity contribution in [3.05, 3.63) is 59.2 Å². The highest BCUT2D eigenvalue weighted by atomic mass is 19.3. The molecule has 198 valence electrons. The predicted molar refractivity (Wildman–Crippen MR) is 124 cm³/mol. The van der Waals surface area contributed by atoms with Crippen LogP contribution in [0.2, 0.25) is 0 Å². The van der Waals surface area contributed by atoms with E-state index in [1.807, 2.05) is 0 Å². The van der Waals surface area contributed by atoms with E-state index in [-0.39, 0.29) is 0 Å². The Morgan fingerprint density at radius 2 is 1.36 bits per heavy atom. The SMILES string of the molecule is CCC1CCC(C2CCC(c3ccc(C(F)(F)Oc4cc(F)c(OC(F)F)c(F)c4)cc3)CC2)CC1. The Hall–Kier alpha value is -2.38. The third-order valence-electron chi connectivity index (χ3n) is 8.05. The molecule has 0 atom stereocenters. The Balaban J connectivity index is 1.35. The molecule has 0 aliphatic heterocycles. The minimum atomic E-state index is -3.88. The minimum absolute atomic E-state index is 0.322. The maximum Gasteiger partial charge on any atom is 0.426 e. The topological polar surface area (TPSA) is 18.5 Å². The van der Waals surface area contributed by atoms with Gasteiger partial charge in [0, 0.05) is 12.1 Å². The van der Waals surface area contributed by atoms with E-state index in [2.05, 4.69) is 16.4 Å². The van der Waals surface area contributed by atoms with Gasteiger partial charge in [-0.2, -0.15) is 17.6 Å². The quantitative estimate of drug-likeness (QED) is 0.327. The molecule has 2 aliphatic rings. The molecule has 2 nitrogen and oxygen atoms in total. The summed E-state index contributed by atoms with van der Waals surface area (Å²) in [6.45, 7) is -1.19. The largest absolute Gasteiger partial charge is 0.429 e. The maximum absolute atomic E-state index is 14.7. The monoisotopic (exact) mass is 514 g/mol. The van der Waals surface area contributed by atoms with E-state index < -0.39 is 41.4 Å². The van der Waals surface area contributed by atoms with Crippen molar-refractivity contribution in [2.24, 2.45) is 17.8 Å². The van der Waals surface area contributed by atoms with E-state index in [9.17, 15) is 26.3 Å². The molecule has 2 aliphatic carbocycles. The van der Waals surface area contributed by atoms with E-state index in [0.29, 0.717) is 18.1 Å². The second-order valence-corrected chi connectivity index (χ2v) is 10.1. The lowest BCUT2D eigenvalue weighted by Crippen LogP contribution is -2.25. The second-order valence-electron chi connectivity index (χ2n) is 10.1. The van der Waals surface area contributed by atoms with Crippen molar-refractivity contribution in [3.8, 4) is 11.5 Å². The van der Waals surface area contributed by atoms with Crippen LogP contribution in [0.5, 0.6) is 11.5 Å². The molecular weight excluding hydrogens is 482 g/mol. The third kappa shape index (κ3) is 6.30. The third-order valence-corrected chi connectivity index (χ3v) is 8.05. The van der Waals surface area contributed by atoms with Gasteiger partial charge in [-0.3, -0.25) is 0 Å². The molecule has 0 bridgehead atoms. The van der Waals surface area contributed by atoms with Crippen LogP contribution < -0.4 is 9.47 Å². The van der Waals surface area contributed by atoms with Gasteiger partial charge in [0.05, 0.1) is 5.56 Å². The van der Waals surface area contributed by atoms with Crippen LogP contribution >= 0.6 is 0 Å². The summed E-state index contributed by atoms with van der Waals surface area (Å²) in [7, 11) is 0. The molecule has 0 spiro atoms. The first-order chi connectivity index (χ1) is 17.2. The molecule has 0 amide bonds. The molecule has 0 radical (unpaired) electrons. The van der Waals surface area contributed by atoms with Crippen molar-refractivity contribution >= 4 is 0 Å². The average molecular weight is 515 g/mol. The highest BCUT2D eigenvalue weighted by Crippen LogP contribution is 2.44. The van der Waals surface area contributed by atoms with Gasteiger partial charge in [-0.1, -0.05) is 38.3 Å². The Bertz CT molecular complexity index is 971. The second kappa shape index (κ2) is 11.3. The van der Waals surface area contributed by atoms with Crippen molar-refractivity contribution in [1.82, 2.24) is 0 Å². The smallest absolute Gasteiger partial charge is 0.426 e. The molecule has 4 rings (SSSR count). The zero-order valence-corrected chi connectivity index (χ0v) is 20.3. The highest BCUT2D eigenvalue weighted by molar-refractivity contribution is 5.36. The number of hydrogen-bond acceptors (Lipinski definition) is 2. The number of hydrogen-bond donors (Lipinski definition) is 0. The Labute approximate surface area is 208 Å². The van der Waals surface area contributed by atoms with E-state index in [4.69, 9.17) is 0 Å². The molecule has 2 aromatic carbocycles. The van der Waals surface area contributed by atoms with Crippen molar-refractivity contribution in [3.63, 3.8) is 0 Å². The van der Waals surface area contributed by atoms with Gasteiger partial charge in [0.15, 0.2) is 17.4 Å². The number of ether oxygens (including phenoxy) is 2. The van der Waals surface area contributed by atoms with Gasteiger partial charge in [0.1, 0.15) is 5.75 Å². The van der Waals surface area contributed by atoms with Gasteiger partial charge >= 0.3 is 12.7 Å².